The number of fused-ring (bicyclic) bond motifs is 7. The Morgan fingerprint density at radius 1 is 0.395 bits per heavy atom. The van der Waals surface area contributed by atoms with E-state index < -0.39 is 0 Å². The summed E-state index contributed by atoms with van der Waals surface area (Å²) in [6.45, 7) is 0. The van der Waals surface area contributed by atoms with E-state index in [1.807, 2.05) is 12.3 Å². The van der Waals surface area contributed by atoms with E-state index in [4.69, 9.17) is 9.97 Å². The molecule has 2 heterocycles. The smallest absolute Gasteiger partial charge is 0.0810 e. The van der Waals surface area contributed by atoms with E-state index in [2.05, 4.69) is 121 Å². The van der Waals surface area contributed by atoms with E-state index in [1.165, 1.54) is 43.4 Å². The van der Waals surface area contributed by atoms with Gasteiger partial charge >= 0.3 is 0 Å². The van der Waals surface area contributed by atoms with E-state index in [1.54, 1.807) is 0 Å². The number of benzene rings is 6. The predicted molar refractivity (Wildman–Crippen MR) is 160 cm³/mol. The van der Waals surface area contributed by atoms with Gasteiger partial charge in [0.2, 0.25) is 0 Å². The molecule has 8 rings (SSSR count). The summed E-state index contributed by atoms with van der Waals surface area (Å²) < 4.78 is 0. The Labute approximate surface area is 219 Å². The summed E-state index contributed by atoms with van der Waals surface area (Å²) in [5.41, 5.74) is 6.39. The van der Waals surface area contributed by atoms with E-state index in [9.17, 15) is 0 Å². The predicted octanol–water partition coefficient (Wildman–Crippen LogP) is 9.58. The number of aromatic nitrogens is 2. The Bertz CT molecular complexity index is 2170. The number of nitrogens with zero attached hydrogens (tertiary/aromatic N) is 2. The second-order valence-corrected chi connectivity index (χ2v) is 9.77. The van der Waals surface area contributed by atoms with Crippen molar-refractivity contribution in [3.8, 4) is 22.4 Å². The average molecular weight is 483 g/mol. The van der Waals surface area contributed by atoms with E-state index in [-0.39, 0.29) is 0 Å². The first-order valence-electron chi connectivity index (χ1n) is 12.9. The highest BCUT2D eigenvalue weighted by molar-refractivity contribution is 6.23. The SMILES string of the molecule is c1ccc2c(-c3ccc(-c4nc5ccccc5c5c4ccc4ccccc45)c4ncccc34)cccc2c1. The van der Waals surface area contributed by atoms with Gasteiger partial charge in [-0.3, -0.25) is 4.98 Å². The van der Waals surface area contributed by atoms with Gasteiger partial charge in [0, 0.05) is 33.3 Å². The molecule has 0 fully saturated rings. The molecule has 0 aliphatic carbocycles. The monoisotopic (exact) mass is 482 g/mol. The Hall–Kier alpha value is -5.08. The zero-order valence-electron chi connectivity index (χ0n) is 20.6. The molecule has 2 aromatic heterocycles. The van der Waals surface area contributed by atoms with Crippen LogP contribution in [0.25, 0.3) is 76.5 Å². The van der Waals surface area contributed by atoms with Crippen LogP contribution in [-0.2, 0) is 0 Å². The largest absolute Gasteiger partial charge is 0.256 e. The van der Waals surface area contributed by atoms with Gasteiger partial charge in [-0.2, -0.15) is 0 Å². The molecule has 0 saturated carbocycles. The molecule has 0 atom stereocenters. The van der Waals surface area contributed by atoms with Crippen molar-refractivity contribution in [1.29, 1.82) is 0 Å². The molecule has 6 aromatic carbocycles. The molecule has 0 amide bonds. The summed E-state index contributed by atoms with van der Waals surface area (Å²) in [6, 6.07) is 45.2. The maximum atomic E-state index is 5.24. The van der Waals surface area contributed by atoms with Crippen LogP contribution in [-0.4, -0.2) is 9.97 Å². The summed E-state index contributed by atoms with van der Waals surface area (Å²) in [6.07, 6.45) is 1.89. The lowest BCUT2D eigenvalue weighted by Gasteiger charge is -2.16. The second-order valence-electron chi connectivity index (χ2n) is 9.77. The molecule has 0 radical (unpaired) electrons. The first-order chi connectivity index (χ1) is 18.9. The molecule has 176 valence electrons. The third kappa shape index (κ3) is 3.07. The lowest BCUT2D eigenvalue weighted by Crippen LogP contribution is -1.94. The fraction of sp³-hybridized carbons (Fsp3) is 0. The number of para-hydroxylation sites is 1. The molecule has 2 nitrogen and oxygen atoms in total. The number of rotatable bonds is 2. The van der Waals surface area contributed by atoms with Gasteiger partial charge in [0.05, 0.1) is 16.7 Å². The van der Waals surface area contributed by atoms with Crippen LogP contribution in [0.3, 0.4) is 0 Å². The summed E-state index contributed by atoms with van der Waals surface area (Å²) in [4.78, 5) is 10.2. The molecule has 0 unspecified atom stereocenters. The summed E-state index contributed by atoms with van der Waals surface area (Å²) >= 11 is 0. The molecule has 2 heteroatoms. The lowest BCUT2D eigenvalue weighted by molar-refractivity contribution is 1.38. The van der Waals surface area contributed by atoms with Gasteiger partial charge in [-0.1, -0.05) is 109 Å². The number of pyridine rings is 2. The fourth-order valence-electron chi connectivity index (χ4n) is 5.99. The minimum Gasteiger partial charge on any atom is -0.256 e. The van der Waals surface area contributed by atoms with Crippen molar-refractivity contribution in [1.82, 2.24) is 9.97 Å². The summed E-state index contributed by atoms with van der Waals surface area (Å²) in [7, 11) is 0. The van der Waals surface area contributed by atoms with E-state index in [0.29, 0.717) is 0 Å². The van der Waals surface area contributed by atoms with Crippen molar-refractivity contribution < 1.29 is 0 Å². The molecular formula is C36H22N2. The third-order valence-electron chi connectivity index (χ3n) is 7.69. The number of hydrogen-bond acceptors (Lipinski definition) is 2. The molecule has 38 heavy (non-hydrogen) atoms. The Morgan fingerprint density at radius 3 is 1.95 bits per heavy atom. The van der Waals surface area contributed by atoms with Crippen molar-refractivity contribution >= 4 is 54.1 Å². The Morgan fingerprint density at radius 2 is 1.05 bits per heavy atom. The van der Waals surface area contributed by atoms with Crippen molar-refractivity contribution in [3.63, 3.8) is 0 Å². The normalized spacial score (nSPS) is 11.7. The molecule has 0 N–H and O–H groups in total. The van der Waals surface area contributed by atoms with Gasteiger partial charge in [-0.15, -0.1) is 0 Å². The van der Waals surface area contributed by atoms with Crippen molar-refractivity contribution in [2.75, 3.05) is 0 Å². The van der Waals surface area contributed by atoms with Gasteiger partial charge in [0.1, 0.15) is 0 Å². The lowest BCUT2D eigenvalue weighted by atomic mass is 9.91. The standard InChI is InChI=1S/C36H22N2/c1-3-12-25-23(9-1)11-7-15-27(25)28-20-21-32(35-29(28)16-8-22-37-35)36-31-19-18-24-10-2-4-13-26(24)34(31)30-14-5-6-17-33(30)38-36/h1-22H. The van der Waals surface area contributed by atoms with Crippen LogP contribution in [0.2, 0.25) is 0 Å². The minimum atomic E-state index is 0.968. The summed E-state index contributed by atoms with van der Waals surface area (Å²) in [5, 5.41) is 9.65. The van der Waals surface area contributed by atoms with Crippen LogP contribution in [0.15, 0.2) is 134 Å². The third-order valence-corrected chi connectivity index (χ3v) is 7.69. The highest BCUT2D eigenvalue weighted by Gasteiger charge is 2.17. The molecule has 0 aliphatic heterocycles. The first kappa shape index (κ1) is 21.0. The molecule has 0 aliphatic rings. The van der Waals surface area contributed by atoms with Crippen molar-refractivity contribution in [2.45, 2.75) is 0 Å². The van der Waals surface area contributed by atoms with Crippen molar-refractivity contribution in [2.24, 2.45) is 0 Å². The molecule has 0 bridgehead atoms. The summed E-state index contributed by atoms with van der Waals surface area (Å²) in [5.74, 6) is 0. The quantitative estimate of drug-likeness (QED) is 0.229. The van der Waals surface area contributed by atoms with Gasteiger partial charge < -0.3 is 0 Å². The maximum absolute atomic E-state index is 5.24. The van der Waals surface area contributed by atoms with Crippen LogP contribution < -0.4 is 0 Å². The van der Waals surface area contributed by atoms with E-state index in [0.717, 1.165) is 33.1 Å². The molecule has 0 spiro atoms. The second kappa shape index (κ2) is 8.22. The van der Waals surface area contributed by atoms with Gasteiger partial charge in [-0.25, -0.2) is 4.98 Å². The van der Waals surface area contributed by atoms with Crippen LogP contribution in [0.5, 0.6) is 0 Å². The fourth-order valence-corrected chi connectivity index (χ4v) is 5.99. The van der Waals surface area contributed by atoms with Crippen LogP contribution in [0, 0.1) is 0 Å². The van der Waals surface area contributed by atoms with Gasteiger partial charge in [-0.05, 0) is 50.9 Å². The first-order valence-corrected chi connectivity index (χ1v) is 12.9. The Balaban J connectivity index is 1.48. The van der Waals surface area contributed by atoms with E-state index >= 15 is 0 Å². The van der Waals surface area contributed by atoms with Crippen molar-refractivity contribution in [3.05, 3.63) is 134 Å². The van der Waals surface area contributed by atoms with Crippen LogP contribution in [0.4, 0.5) is 0 Å². The molecular weight excluding hydrogens is 460 g/mol. The van der Waals surface area contributed by atoms with Crippen LogP contribution >= 0.6 is 0 Å². The highest BCUT2D eigenvalue weighted by Crippen LogP contribution is 2.41. The van der Waals surface area contributed by atoms with Gasteiger partial charge in [0.25, 0.3) is 0 Å². The number of hydrogen-bond donors (Lipinski definition) is 0. The maximum Gasteiger partial charge on any atom is 0.0810 e. The minimum absolute atomic E-state index is 0.968. The topological polar surface area (TPSA) is 25.8 Å². The zero-order valence-corrected chi connectivity index (χ0v) is 20.6. The molecule has 0 saturated heterocycles. The van der Waals surface area contributed by atoms with Gasteiger partial charge in [0.15, 0.2) is 0 Å². The van der Waals surface area contributed by atoms with Crippen LogP contribution in [0.1, 0.15) is 0 Å². The Kier molecular flexibility index (Phi) is 4.55. The molecule has 8 aromatic rings. The zero-order chi connectivity index (χ0) is 25.1. The average Bonchev–Trinajstić information content (AvgIpc) is 2.99. The highest BCUT2D eigenvalue weighted by atomic mass is 14.7.